The molecule has 0 aromatic carbocycles. The first-order chi connectivity index (χ1) is 12.3. The molecular weight excluding hydrogens is 316 g/mol. The lowest BCUT2D eigenvalue weighted by atomic mass is 9.89. The van der Waals surface area contributed by atoms with Crippen LogP contribution >= 0.6 is 0 Å². The highest BCUT2D eigenvalue weighted by atomic mass is 16.1. The lowest BCUT2D eigenvalue weighted by Crippen LogP contribution is -2.34. The molecule has 0 spiro atoms. The first kappa shape index (κ1) is 16.4. The van der Waals surface area contributed by atoms with E-state index in [0.717, 1.165) is 49.2 Å². The summed E-state index contributed by atoms with van der Waals surface area (Å²) < 4.78 is 1.90. The average molecular weight is 342 g/mol. The van der Waals surface area contributed by atoms with Crippen molar-refractivity contribution in [2.24, 2.45) is 5.92 Å². The van der Waals surface area contributed by atoms with E-state index in [4.69, 9.17) is 5.10 Å². The summed E-state index contributed by atoms with van der Waals surface area (Å²) in [6.07, 6.45) is 10.2. The fourth-order valence-corrected chi connectivity index (χ4v) is 4.04. The van der Waals surface area contributed by atoms with Gasteiger partial charge in [0.05, 0.1) is 12.2 Å². The average Bonchev–Trinajstić information content (AvgIpc) is 3.30. The third-order valence-corrected chi connectivity index (χ3v) is 5.44. The van der Waals surface area contributed by atoms with Crippen molar-refractivity contribution < 1.29 is 4.79 Å². The SMILES string of the molecule is O=C(NCCn1nc([C@H]2CCNC2)c2nccnc21)C1CCCCC1. The van der Waals surface area contributed by atoms with Gasteiger partial charge in [0, 0.05) is 37.3 Å². The number of aromatic nitrogens is 4. The molecule has 3 heterocycles. The Hall–Kier alpha value is -2.02. The van der Waals surface area contributed by atoms with E-state index < -0.39 is 0 Å². The summed E-state index contributed by atoms with van der Waals surface area (Å²) in [5, 5.41) is 11.2. The van der Waals surface area contributed by atoms with E-state index in [1.54, 1.807) is 12.4 Å². The van der Waals surface area contributed by atoms with Gasteiger partial charge in [-0.25, -0.2) is 14.6 Å². The van der Waals surface area contributed by atoms with Gasteiger partial charge in [0.25, 0.3) is 0 Å². The van der Waals surface area contributed by atoms with Gasteiger partial charge >= 0.3 is 0 Å². The van der Waals surface area contributed by atoms with Crippen LogP contribution < -0.4 is 10.6 Å². The fraction of sp³-hybridized carbons (Fsp3) is 0.667. The van der Waals surface area contributed by atoms with E-state index in [9.17, 15) is 4.79 Å². The zero-order valence-electron chi connectivity index (χ0n) is 14.6. The van der Waals surface area contributed by atoms with Crippen molar-refractivity contribution in [1.29, 1.82) is 0 Å². The smallest absolute Gasteiger partial charge is 0.223 e. The Morgan fingerprint density at radius 1 is 1.20 bits per heavy atom. The van der Waals surface area contributed by atoms with Crippen LogP contribution in [0.25, 0.3) is 11.2 Å². The van der Waals surface area contributed by atoms with Gasteiger partial charge < -0.3 is 10.6 Å². The minimum Gasteiger partial charge on any atom is -0.354 e. The number of fused-ring (bicyclic) bond motifs is 1. The maximum atomic E-state index is 12.3. The second-order valence-corrected chi connectivity index (χ2v) is 7.15. The van der Waals surface area contributed by atoms with E-state index in [0.29, 0.717) is 19.0 Å². The molecule has 0 bridgehead atoms. The molecule has 2 fully saturated rings. The summed E-state index contributed by atoms with van der Waals surface area (Å²) in [4.78, 5) is 21.3. The predicted molar refractivity (Wildman–Crippen MR) is 95.1 cm³/mol. The Morgan fingerprint density at radius 2 is 2.04 bits per heavy atom. The molecule has 1 saturated carbocycles. The molecule has 1 aliphatic carbocycles. The summed E-state index contributed by atoms with van der Waals surface area (Å²) in [5.41, 5.74) is 2.75. The van der Waals surface area contributed by atoms with Crippen LogP contribution in [0.1, 0.15) is 50.1 Å². The minimum atomic E-state index is 0.197. The molecule has 7 nitrogen and oxygen atoms in total. The number of hydrogen-bond acceptors (Lipinski definition) is 5. The predicted octanol–water partition coefficient (Wildman–Crippen LogP) is 1.60. The highest BCUT2D eigenvalue weighted by molar-refractivity contribution is 5.78. The number of rotatable bonds is 5. The fourth-order valence-electron chi connectivity index (χ4n) is 4.04. The molecule has 2 aromatic heterocycles. The molecule has 1 amide bonds. The number of nitrogens with zero attached hydrogens (tertiary/aromatic N) is 4. The lowest BCUT2D eigenvalue weighted by molar-refractivity contribution is -0.125. The topological polar surface area (TPSA) is 84.7 Å². The van der Waals surface area contributed by atoms with E-state index in [1.807, 2.05) is 4.68 Å². The summed E-state index contributed by atoms with van der Waals surface area (Å²) in [6.45, 7) is 3.19. The van der Waals surface area contributed by atoms with Gasteiger partial charge in [0.1, 0.15) is 5.52 Å². The van der Waals surface area contributed by atoms with Crippen LogP contribution in [-0.2, 0) is 11.3 Å². The van der Waals surface area contributed by atoms with Gasteiger partial charge in [-0.1, -0.05) is 19.3 Å². The van der Waals surface area contributed by atoms with Crippen molar-refractivity contribution in [2.45, 2.75) is 51.0 Å². The molecule has 7 heteroatoms. The van der Waals surface area contributed by atoms with E-state index in [-0.39, 0.29) is 11.8 Å². The first-order valence-corrected chi connectivity index (χ1v) is 9.49. The van der Waals surface area contributed by atoms with Crippen LogP contribution in [-0.4, -0.2) is 45.3 Å². The van der Waals surface area contributed by atoms with Gasteiger partial charge in [-0.05, 0) is 25.8 Å². The van der Waals surface area contributed by atoms with E-state index >= 15 is 0 Å². The van der Waals surface area contributed by atoms with Crippen LogP contribution in [0.4, 0.5) is 0 Å². The Kier molecular flexibility index (Phi) is 4.92. The van der Waals surface area contributed by atoms with Gasteiger partial charge in [0.2, 0.25) is 5.91 Å². The molecule has 25 heavy (non-hydrogen) atoms. The monoisotopic (exact) mass is 342 g/mol. The quantitative estimate of drug-likeness (QED) is 0.862. The van der Waals surface area contributed by atoms with Crippen LogP contribution in [0.2, 0.25) is 0 Å². The molecule has 4 rings (SSSR count). The Morgan fingerprint density at radius 3 is 2.84 bits per heavy atom. The van der Waals surface area contributed by atoms with E-state index in [1.165, 1.54) is 19.3 Å². The molecule has 1 aliphatic heterocycles. The van der Waals surface area contributed by atoms with Gasteiger partial charge in [0.15, 0.2) is 5.65 Å². The number of amides is 1. The largest absolute Gasteiger partial charge is 0.354 e. The van der Waals surface area contributed by atoms with Crippen LogP contribution in [0.15, 0.2) is 12.4 Å². The normalized spacial score (nSPS) is 21.7. The van der Waals surface area contributed by atoms with Crippen molar-refractivity contribution in [3.05, 3.63) is 18.1 Å². The number of nitrogens with one attached hydrogen (secondary N) is 2. The minimum absolute atomic E-state index is 0.197. The first-order valence-electron chi connectivity index (χ1n) is 9.49. The third kappa shape index (κ3) is 3.51. The van der Waals surface area contributed by atoms with Crippen molar-refractivity contribution in [2.75, 3.05) is 19.6 Å². The van der Waals surface area contributed by atoms with E-state index in [2.05, 4.69) is 20.6 Å². The zero-order chi connectivity index (χ0) is 17.1. The lowest BCUT2D eigenvalue weighted by Gasteiger charge is -2.20. The molecule has 1 saturated heterocycles. The second-order valence-electron chi connectivity index (χ2n) is 7.15. The van der Waals surface area contributed by atoms with Gasteiger partial charge in [-0.15, -0.1) is 0 Å². The Balaban J connectivity index is 1.43. The van der Waals surface area contributed by atoms with Crippen LogP contribution in [0.3, 0.4) is 0 Å². The highest BCUT2D eigenvalue weighted by Gasteiger charge is 2.25. The maximum absolute atomic E-state index is 12.3. The van der Waals surface area contributed by atoms with Gasteiger partial charge in [-0.3, -0.25) is 4.79 Å². The molecular formula is C18H26N6O. The summed E-state index contributed by atoms with van der Waals surface area (Å²) in [7, 11) is 0. The van der Waals surface area contributed by atoms with Crippen LogP contribution in [0.5, 0.6) is 0 Å². The Labute approximate surface area is 147 Å². The third-order valence-electron chi connectivity index (χ3n) is 5.44. The molecule has 1 atom stereocenters. The second kappa shape index (κ2) is 7.47. The molecule has 2 aliphatic rings. The van der Waals surface area contributed by atoms with Crippen molar-refractivity contribution in [3.8, 4) is 0 Å². The summed E-state index contributed by atoms with van der Waals surface area (Å²) >= 11 is 0. The van der Waals surface area contributed by atoms with Crippen molar-refractivity contribution >= 4 is 17.1 Å². The Bertz CT molecular complexity index is 730. The number of carbonyl (C=O) groups is 1. The van der Waals surface area contributed by atoms with Crippen molar-refractivity contribution in [1.82, 2.24) is 30.4 Å². The molecule has 0 radical (unpaired) electrons. The molecule has 0 unspecified atom stereocenters. The highest BCUT2D eigenvalue weighted by Crippen LogP contribution is 2.26. The number of hydrogen-bond donors (Lipinski definition) is 2. The molecule has 134 valence electrons. The standard InChI is InChI=1S/C18H26N6O/c25-18(13-4-2-1-3-5-13)22-10-11-24-17-16(20-8-9-21-17)15(23-24)14-6-7-19-12-14/h8-9,13-14,19H,1-7,10-12H2,(H,22,25)/t14-/m0/s1. The number of carbonyl (C=O) groups excluding carboxylic acids is 1. The summed E-state index contributed by atoms with van der Waals surface area (Å²) in [5.74, 6) is 0.794. The summed E-state index contributed by atoms with van der Waals surface area (Å²) in [6, 6.07) is 0. The molecule has 2 N–H and O–H groups in total. The van der Waals surface area contributed by atoms with Crippen LogP contribution in [0, 0.1) is 5.92 Å². The van der Waals surface area contributed by atoms with Crippen molar-refractivity contribution in [3.63, 3.8) is 0 Å². The zero-order valence-corrected chi connectivity index (χ0v) is 14.6. The maximum Gasteiger partial charge on any atom is 0.223 e. The molecule has 2 aromatic rings. The van der Waals surface area contributed by atoms with Gasteiger partial charge in [-0.2, -0.15) is 5.10 Å².